The van der Waals surface area contributed by atoms with Crippen LogP contribution in [-0.2, 0) is 4.74 Å². The van der Waals surface area contributed by atoms with Crippen molar-refractivity contribution in [3.8, 4) is 5.75 Å². The molecule has 1 aliphatic carbocycles. The van der Waals surface area contributed by atoms with Crippen LogP contribution in [0.1, 0.15) is 38.4 Å². The van der Waals surface area contributed by atoms with Crippen molar-refractivity contribution < 1.29 is 14.6 Å². The van der Waals surface area contributed by atoms with E-state index in [1.807, 2.05) is 43.5 Å². The monoisotopic (exact) mass is 447 g/mol. The fourth-order valence-corrected chi connectivity index (χ4v) is 4.78. The summed E-state index contributed by atoms with van der Waals surface area (Å²) in [5, 5.41) is 12.4. The van der Waals surface area contributed by atoms with E-state index < -0.39 is 5.79 Å². The Hall–Kier alpha value is -3.23. The van der Waals surface area contributed by atoms with Crippen LogP contribution in [-0.4, -0.2) is 43.1 Å². The highest BCUT2D eigenvalue weighted by atomic mass is 16.6. The van der Waals surface area contributed by atoms with Gasteiger partial charge in [0.05, 0.1) is 30.0 Å². The predicted molar refractivity (Wildman–Crippen MR) is 127 cm³/mol. The third-order valence-electron chi connectivity index (χ3n) is 6.25. The number of hydrogen-bond acceptors (Lipinski definition) is 7. The quantitative estimate of drug-likeness (QED) is 0.430. The van der Waals surface area contributed by atoms with Gasteiger partial charge in [-0.15, -0.1) is 0 Å². The van der Waals surface area contributed by atoms with E-state index in [-0.39, 0.29) is 18.1 Å². The van der Waals surface area contributed by atoms with E-state index in [0.29, 0.717) is 12.4 Å². The SMILES string of the molecule is Cc1ncnc2c1ccn2C1CC(COc2ccc3ccc(N)nc3c2)CC1OC(C)(C)O. The number of rotatable bonds is 6. The molecule has 1 aliphatic rings. The third-order valence-corrected chi connectivity index (χ3v) is 6.25. The molecule has 0 amide bonds. The first kappa shape index (κ1) is 21.6. The Kier molecular flexibility index (Phi) is 5.42. The highest BCUT2D eigenvalue weighted by molar-refractivity contribution is 5.81. The number of ether oxygens (including phenoxy) is 2. The standard InChI is InChI=1S/C25H29N5O3/c1-15-19-8-9-30(24(19)28-14-27-15)21-10-16(11-22(21)33-25(2,3)31)13-32-18-6-4-17-5-7-23(26)29-20(17)12-18/h4-9,12,14,16,21-22,31H,10-11,13H2,1-3H3,(H2,26,29). The molecule has 3 N–H and O–H groups in total. The fourth-order valence-electron chi connectivity index (χ4n) is 4.78. The lowest BCUT2D eigenvalue weighted by Gasteiger charge is -2.28. The van der Waals surface area contributed by atoms with Crippen LogP contribution in [0, 0.1) is 12.8 Å². The molecule has 1 aromatic carbocycles. The molecule has 3 aromatic heterocycles. The van der Waals surface area contributed by atoms with Crippen molar-refractivity contribution in [3.63, 3.8) is 0 Å². The third kappa shape index (κ3) is 4.49. The van der Waals surface area contributed by atoms with Crippen molar-refractivity contribution in [2.24, 2.45) is 5.92 Å². The van der Waals surface area contributed by atoms with Gasteiger partial charge in [-0.2, -0.15) is 0 Å². The molecule has 3 atom stereocenters. The van der Waals surface area contributed by atoms with Gasteiger partial charge in [0.25, 0.3) is 0 Å². The van der Waals surface area contributed by atoms with Gasteiger partial charge in [-0.05, 0) is 69.9 Å². The minimum absolute atomic E-state index is 0.0369. The molecular weight excluding hydrogens is 418 g/mol. The van der Waals surface area contributed by atoms with Gasteiger partial charge in [-0.1, -0.05) is 0 Å². The molecule has 3 unspecified atom stereocenters. The Labute approximate surface area is 192 Å². The van der Waals surface area contributed by atoms with Gasteiger partial charge in [0, 0.05) is 23.0 Å². The number of aromatic nitrogens is 4. The topological polar surface area (TPSA) is 108 Å². The minimum Gasteiger partial charge on any atom is -0.493 e. The summed E-state index contributed by atoms with van der Waals surface area (Å²) in [6.07, 6.45) is 5.10. The summed E-state index contributed by atoms with van der Waals surface area (Å²) in [6.45, 7) is 5.86. The minimum atomic E-state index is -1.23. The average Bonchev–Trinajstić information content (AvgIpc) is 3.35. The molecule has 4 aromatic rings. The van der Waals surface area contributed by atoms with Crippen LogP contribution in [0.15, 0.2) is 48.9 Å². The number of pyridine rings is 1. The molecule has 1 saturated carbocycles. The number of aryl methyl sites for hydroxylation is 1. The Morgan fingerprint density at radius 2 is 1.97 bits per heavy atom. The van der Waals surface area contributed by atoms with E-state index in [9.17, 15) is 5.11 Å². The molecule has 5 rings (SSSR count). The van der Waals surface area contributed by atoms with Crippen LogP contribution in [0.5, 0.6) is 5.75 Å². The van der Waals surface area contributed by atoms with Gasteiger partial charge >= 0.3 is 0 Å². The van der Waals surface area contributed by atoms with Crippen molar-refractivity contribution in [1.82, 2.24) is 19.5 Å². The van der Waals surface area contributed by atoms with E-state index in [0.717, 1.165) is 46.2 Å². The molecule has 0 spiro atoms. The molecule has 3 heterocycles. The van der Waals surface area contributed by atoms with Gasteiger partial charge in [0.2, 0.25) is 0 Å². The highest BCUT2D eigenvalue weighted by Gasteiger charge is 2.39. The number of benzene rings is 1. The number of nitrogens with zero attached hydrogens (tertiary/aromatic N) is 4. The van der Waals surface area contributed by atoms with Crippen LogP contribution in [0.4, 0.5) is 5.82 Å². The first-order valence-electron chi connectivity index (χ1n) is 11.2. The zero-order valence-corrected chi connectivity index (χ0v) is 19.1. The summed E-state index contributed by atoms with van der Waals surface area (Å²) in [5.41, 5.74) is 8.47. The smallest absolute Gasteiger partial charge is 0.160 e. The molecule has 8 nitrogen and oxygen atoms in total. The number of nitrogen functional groups attached to an aromatic ring is 1. The Morgan fingerprint density at radius 3 is 2.79 bits per heavy atom. The summed E-state index contributed by atoms with van der Waals surface area (Å²) >= 11 is 0. The number of nitrogens with two attached hydrogens (primary N) is 1. The van der Waals surface area contributed by atoms with Crippen molar-refractivity contribution in [2.45, 2.75) is 51.5 Å². The summed E-state index contributed by atoms with van der Waals surface area (Å²) in [7, 11) is 0. The predicted octanol–water partition coefficient (Wildman–Crippen LogP) is 4.01. The van der Waals surface area contributed by atoms with Gasteiger partial charge < -0.3 is 24.9 Å². The maximum atomic E-state index is 10.4. The van der Waals surface area contributed by atoms with Gasteiger partial charge in [-0.3, -0.25) is 0 Å². The molecule has 0 aliphatic heterocycles. The molecule has 0 bridgehead atoms. The summed E-state index contributed by atoms with van der Waals surface area (Å²) in [6, 6.07) is 11.7. The molecule has 172 valence electrons. The molecule has 0 radical (unpaired) electrons. The van der Waals surface area contributed by atoms with Crippen LogP contribution in [0.3, 0.4) is 0 Å². The number of hydrogen-bond donors (Lipinski definition) is 2. The lowest BCUT2D eigenvalue weighted by molar-refractivity contribution is -0.211. The second-order valence-electron chi connectivity index (χ2n) is 9.33. The summed E-state index contributed by atoms with van der Waals surface area (Å²) in [4.78, 5) is 13.2. The van der Waals surface area contributed by atoms with Gasteiger partial charge in [0.1, 0.15) is 23.5 Å². The van der Waals surface area contributed by atoms with Crippen LogP contribution in [0.25, 0.3) is 21.9 Å². The van der Waals surface area contributed by atoms with Crippen LogP contribution >= 0.6 is 0 Å². The van der Waals surface area contributed by atoms with Crippen molar-refractivity contribution in [1.29, 1.82) is 0 Å². The molecule has 0 saturated heterocycles. The normalized spacial score (nSPS) is 21.2. The number of aliphatic hydroxyl groups is 1. The summed E-state index contributed by atoms with van der Waals surface area (Å²) < 4.78 is 14.4. The fraction of sp³-hybridized carbons (Fsp3) is 0.400. The molecule has 1 fully saturated rings. The summed E-state index contributed by atoms with van der Waals surface area (Å²) in [5.74, 6) is 0.283. The number of fused-ring (bicyclic) bond motifs is 2. The molecule has 33 heavy (non-hydrogen) atoms. The Bertz CT molecular complexity index is 1300. The average molecular weight is 448 g/mol. The van der Waals surface area contributed by atoms with Crippen molar-refractivity contribution in [3.05, 3.63) is 54.6 Å². The lowest BCUT2D eigenvalue weighted by atomic mass is 10.1. The van der Waals surface area contributed by atoms with Crippen LogP contribution in [0.2, 0.25) is 0 Å². The van der Waals surface area contributed by atoms with Gasteiger partial charge in [0.15, 0.2) is 5.79 Å². The van der Waals surface area contributed by atoms with Crippen molar-refractivity contribution >= 4 is 27.8 Å². The van der Waals surface area contributed by atoms with E-state index in [4.69, 9.17) is 15.2 Å². The largest absolute Gasteiger partial charge is 0.493 e. The lowest BCUT2D eigenvalue weighted by Crippen LogP contribution is -2.33. The van der Waals surface area contributed by atoms with Gasteiger partial charge in [-0.25, -0.2) is 15.0 Å². The van der Waals surface area contributed by atoms with Crippen molar-refractivity contribution in [2.75, 3.05) is 12.3 Å². The van der Waals surface area contributed by atoms with E-state index in [2.05, 4.69) is 19.5 Å². The maximum Gasteiger partial charge on any atom is 0.160 e. The first-order valence-corrected chi connectivity index (χ1v) is 11.2. The zero-order chi connectivity index (χ0) is 23.2. The van der Waals surface area contributed by atoms with Crippen LogP contribution < -0.4 is 10.5 Å². The zero-order valence-electron chi connectivity index (χ0n) is 19.1. The number of anilines is 1. The second-order valence-corrected chi connectivity index (χ2v) is 9.33. The Balaban J connectivity index is 1.36. The Morgan fingerprint density at radius 1 is 1.15 bits per heavy atom. The molecular formula is C25H29N5O3. The first-order chi connectivity index (χ1) is 15.8. The highest BCUT2D eigenvalue weighted by Crippen LogP contribution is 2.40. The molecule has 8 heteroatoms. The van der Waals surface area contributed by atoms with E-state index in [1.54, 1.807) is 26.2 Å². The van der Waals surface area contributed by atoms with E-state index in [1.165, 1.54) is 0 Å². The second kappa shape index (κ2) is 8.28. The van der Waals surface area contributed by atoms with E-state index >= 15 is 0 Å². The maximum absolute atomic E-state index is 10.4.